The lowest BCUT2D eigenvalue weighted by Gasteiger charge is -2.26. The van der Waals surface area contributed by atoms with Crippen molar-refractivity contribution in [3.05, 3.63) is 22.7 Å². The Balaban J connectivity index is 2.41. The van der Waals surface area contributed by atoms with Crippen LogP contribution in [-0.2, 0) is 0 Å². The van der Waals surface area contributed by atoms with Gasteiger partial charge in [-0.1, -0.05) is 11.6 Å². The van der Waals surface area contributed by atoms with Gasteiger partial charge in [0.25, 0.3) is 0 Å². The molecule has 0 unspecified atom stereocenters. The third-order valence-corrected chi connectivity index (χ3v) is 3.48. The molecule has 1 fully saturated rings. The zero-order valence-electron chi connectivity index (χ0n) is 10.3. The van der Waals surface area contributed by atoms with Gasteiger partial charge in [-0.05, 0) is 37.8 Å². The van der Waals surface area contributed by atoms with Crippen LogP contribution in [0.4, 0.5) is 11.4 Å². The van der Waals surface area contributed by atoms with Gasteiger partial charge in [-0.2, -0.15) is 0 Å². The van der Waals surface area contributed by atoms with Crippen LogP contribution in [-0.4, -0.2) is 24.2 Å². The maximum Gasteiger partial charge on any atom is 0.337 e. The second-order valence-corrected chi connectivity index (χ2v) is 5.09. The van der Waals surface area contributed by atoms with Crippen molar-refractivity contribution in [1.29, 1.82) is 0 Å². The first-order valence-electron chi connectivity index (χ1n) is 6.10. The Morgan fingerprint density at radius 1 is 1.56 bits per heavy atom. The highest BCUT2D eigenvalue weighted by Crippen LogP contribution is 2.36. The zero-order chi connectivity index (χ0) is 13.3. The van der Waals surface area contributed by atoms with Crippen molar-refractivity contribution >= 4 is 28.9 Å². The summed E-state index contributed by atoms with van der Waals surface area (Å²) in [4.78, 5) is 13.3. The van der Waals surface area contributed by atoms with Crippen molar-refractivity contribution in [2.24, 2.45) is 5.92 Å². The Morgan fingerprint density at radius 3 is 2.72 bits per heavy atom. The summed E-state index contributed by atoms with van der Waals surface area (Å²) >= 11 is 6.17. The van der Waals surface area contributed by atoms with E-state index in [-0.39, 0.29) is 5.56 Å². The molecule has 18 heavy (non-hydrogen) atoms. The van der Waals surface area contributed by atoms with E-state index < -0.39 is 5.97 Å². The summed E-state index contributed by atoms with van der Waals surface area (Å²) in [6.07, 6.45) is 2.43. The molecular formula is C13H17ClN2O2. The molecule has 0 heterocycles. The van der Waals surface area contributed by atoms with Gasteiger partial charge in [0.2, 0.25) is 0 Å². The molecule has 0 spiro atoms. The smallest absolute Gasteiger partial charge is 0.337 e. The topological polar surface area (TPSA) is 66.6 Å². The maximum atomic E-state index is 11.3. The molecule has 1 saturated carbocycles. The van der Waals surface area contributed by atoms with Gasteiger partial charge in [0, 0.05) is 18.8 Å². The fraction of sp³-hybridized carbons (Fsp3) is 0.462. The second-order valence-electron chi connectivity index (χ2n) is 4.69. The van der Waals surface area contributed by atoms with E-state index in [9.17, 15) is 9.90 Å². The van der Waals surface area contributed by atoms with Crippen LogP contribution >= 0.6 is 11.6 Å². The van der Waals surface area contributed by atoms with E-state index in [4.69, 9.17) is 17.3 Å². The number of benzene rings is 1. The Hall–Kier alpha value is -1.42. The van der Waals surface area contributed by atoms with Crippen LogP contribution < -0.4 is 10.6 Å². The number of nitrogens with zero attached hydrogens (tertiary/aromatic N) is 1. The Morgan fingerprint density at radius 2 is 2.22 bits per heavy atom. The van der Waals surface area contributed by atoms with Gasteiger partial charge in [-0.25, -0.2) is 4.79 Å². The van der Waals surface area contributed by atoms with Crippen molar-refractivity contribution in [3.8, 4) is 0 Å². The van der Waals surface area contributed by atoms with Crippen molar-refractivity contribution in [2.75, 3.05) is 23.7 Å². The van der Waals surface area contributed by atoms with Gasteiger partial charge < -0.3 is 15.7 Å². The van der Waals surface area contributed by atoms with E-state index in [0.717, 1.165) is 13.1 Å². The molecule has 1 aliphatic rings. The molecule has 4 nitrogen and oxygen atoms in total. The predicted molar refractivity (Wildman–Crippen MR) is 73.4 cm³/mol. The summed E-state index contributed by atoms with van der Waals surface area (Å²) in [5, 5.41) is 9.68. The first-order chi connectivity index (χ1) is 8.52. The summed E-state index contributed by atoms with van der Waals surface area (Å²) in [6.45, 7) is 3.60. The third-order valence-electron chi connectivity index (χ3n) is 3.19. The first kappa shape index (κ1) is 13.0. The van der Waals surface area contributed by atoms with Crippen LogP contribution in [0, 0.1) is 5.92 Å². The molecule has 2 rings (SSSR count). The van der Waals surface area contributed by atoms with Gasteiger partial charge in [-0.15, -0.1) is 0 Å². The fourth-order valence-electron chi connectivity index (χ4n) is 2.10. The molecule has 0 aromatic heterocycles. The average molecular weight is 269 g/mol. The van der Waals surface area contributed by atoms with Crippen LogP contribution in [0.25, 0.3) is 0 Å². The molecule has 0 atom stereocenters. The number of carbonyl (C=O) groups is 1. The van der Waals surface area contributed by atoms with Crippen LogP contribution in [0.2, 0.25) is 5.02 Å². The number of aromatic carboxylic acids is 1. The number of halogens is 1. The Bertz CT molecular complexity index is 472. The van der Waals surface area contributed by atoms with Gasteiger partial charge in [-0.3, -0.25) is 0 Å². The van der Waals surface area contributed by atoms with Crippen LogP contribution in [0.5, 0.6) is 0 Å². The SMILES string of the molecule is CCN(CC1CC1)c1c(Cl)cc(N)cc1C(=O)O. The van der Waals surface area contributed by atoms with E-state index in [1.165, 1.54) is 18.9 Å². The minimum absolute atomic E-state index is 0.183. The number of nitrogens with two attached hydrogens (primary N) is 1. The lowest BCUT2D eigenvalue weighted by molar-refractivity contribution is 0.0697. The minimum Gasteiger partial charge on any atom is -0.478 e. The highest BCUT2D eigenvalue weighted by Gasteiger charge is 2.27. The van der Waals surface area contributed by atoms with Crippen molar-refractivity contribution in [3.63, 3.8) is 0 Å². The summed E-state index contributed by atoms with van der Waals surface area (Å²) in [5.74, 6) is -0.325. The summed E-state index contributed by atoms with van der Waals surface area (Å²) in [5.41, 5.74) is 6.81. The second kappa shape index (κ2) is 5.06. The van der Waals surface area contributed by atoms with E-state index in [1.807, 2.05) is 11.8 Å². The largest absolute Gasteiger partial charge is 0.478 e. The van der Waals surface area contributed by atoms with E-state index in [0.29, 0.717) is 22.3 Å². The van der Waals surface area contributed by atoms with Crippen molar-refractivity contribution in [1.82, 2.24) is 0 Å². The molecule has 1 aliphatic carbocycles. The monoisotopic (exact) mass is 268 g/mol. The average Bonchev–Trinajstić information content (AvgIpc) is 3.09. The minimum atomic E-state index is -0.992. The van der Waals surface area contributed by atoms with Gasteiger partial charge >= 0.3 is 5.97 Å². The molecule has 1 aromatic carbocycles. The first-order valence-corrected chi connectivity index (χ1v) is 6.48. The van der Waals surface area contributed by atoms with Crippen molar-refractivity contribution in [2.45, 2.75) is 19.8 Å². The highest BCUT2D eigenvalue weighted by molar-refractivity contribution is 6.34. The van der Waals surface area contributed by atoms with Crippen LogP contribution in [0.15, 0.2) is 12.1 Å². The lowest BCUT2D eigenvalue weighted by Crippen LogP contribution is -2.27. The molecule has 0 radical (unpaired) electrons. The summed E-state index contributed by atoms with van der Waals surface area (Å²) in [7, 11) is 0. The molecular weight excluding hydrogens is 252 g/mol. The molecule has 98 valence electrons. The predicted octanol–water partition coefficient (Wildman–Crippen LogP) is 2.86. The highest BCUT2D eigenvalue weighted by atomic mass is 35.5. The van der Waals surface area contributed by atoms with Crippen LogP contribution in [0.1, 0.15) is 30.1 Å². The Kier molecular flexibility index (Phi) is 3.66. The lowest BCUT2D eigenvalue weighted by atomic mass is 10.1. The molecule has 0 bridgehead atoms. The fourth-order valence-corrected chi connectivity index (χ4v) is 2.44. The van der Waals surface area contributed by atoms with E-state index >= 15 is 0 Å². The Labute approximate surface area is 111 Å². The van der Waals surface area contributed by atoms with E-state index in [1.54, 1.807) is 6.07 Å². The number of hydrogen-bond donors (Lipinski definition) is 2. The normalized spacial score (nSPS) is 14.6. The number of carboxylic acid groups (broad SMARTS) is 1. The molecule has 0 amide bonds. The molecule has 3 N–H and O–H groups in total. The van der Waals surface area contributed by atoms with Crippen molar-refractivity contribution < 1.29 is 9.90 Å². The van der Waals surface area contributed by atoms with E-state index in [2.05, 4.69) is 0 Å². The number of carboxylic acids is 1. The van der Waals surface area contributed by atoms with Crippen LogP contribution in [0.3, 0.4) is 0 Å². The maximum absolute atomic E-state index is 11.3. The zero-order valence-corrected chi connectivity index (χ0v) is 11.1. The quantitative estimate of drug-likeness (QED) is 0.806. The molecule has 1 aromatic rings. The number of rotatable bonds is 5. The van der Waals surface area contributed by atoms with Gasteiger partial charge in [0.05, 0.1) is 16.3 Å². The molecule has 5 heteroatoms. The molecule has 0 aliphatic heterocycles. The summed E-state index contributed by atoms with van der Waals surface area (Å²) < 4.78 is 0. The standard InChI is InChI=1S/C13H17ClN2O2/c1-2-16(7-8-3-4-8)12-10(13(17)18)5-9(15)6-11(12)14/h5-6,8H,2-4,7,15H2,1H3,(H,17,18). The summed E-state index contributed by atoms with van der Waals surface area (Å²) in [6, 6.07) is 3.08. The number of nitrogen functional groups attached to an aromatic ring is 1. The van der Waals surface area contributed by atoms with Gasteiger partial charge in [0.1, 0.15) is 0 Å². The third kappa shape index (κ3) is 2.70. The number of hydrogen-bond acceptors (Lipinski definition) is 3. The number of anilines is 2. The molecule has 0 saturated heterocycles. The van der Waals surface area contributed by atoms with Gasteiger partial charge in [0.15, 0.2) is 0 Å².